The molecule has 0 atom stereocenters. The highest BCUT2D eigenvalue weighted by molar-refractivity contribution is 8.00. The minimum atomic E-state index is 0.0600. The van der Waals surface area contributed by atoms with Crippen LogP contribution in [-0.2, 0) is 0 Å². The lowest BCUT2D eigenvalue weighted by Crippen LogP contribution is -2.07. The van der Waals surface area contributed by atoms with Crippen LogP contribution in [0.1, 0.15) is 38.1 Å². The zero-order valence-electron chi connectivity index (χ0n) is 9.00. The number of pyridine rings is 1. The summed E-state index contributed by atoms with van der Waals surface area (Å²) < 4.78 is 0.157. The molecular weight excluding hydrogens is 194 g/mol. The van der Waals surface area contributed by atoms with Gasteiger partial charge >= 0.3 is 0 Å². The maximum atomic E-state index is 11.0. The molecule has 76 valence electrons. The largest absolute Gasteiger partial charge is 0.294 e. The summed E-state index contributed by atoms with van der Waals surface area (Å²) in [6, 6.07) is 3.72. The van der Waals surface area contributed by atoms with E-state index in [0.29, 0.717) is 5.56 Å². The van der Waals surface area contributed by atoms with Crippen LogP contribution >= 0.6 is 11.8 Å². The van der Waals surface area contributed by atoms with Gasteiger partial charge in [-0.25, -0.2) is 4.98 Å². The second kappa shape index (κ2) is 4.13. The van der Waals surface area contributed by atoms with E-state index in [1.54, 1.807) is 24.9 Å². The summed E-state index contributed by atoms with van der Waals surface area (Å²) in [6.45, 7) is 7.96. The highest BCUT2D eigenvalue weighted by Gasteiger charge is 2.12. The number of carbonyl (C=O) groups is 1. The molecule has 1 heterocycles. The number of hydrogen-bond acceptors (Lipinski definition) is 3. The number of Topliss-reactive ketones (excluding diaryl/α,β-unsaturated/α-hetero) is 1. The first-order valence-electron chi connectivity index (χ1n) is 4.54. The number of thioether (sulfide) groups is 1. The van der Waals surface area contributed by atoms with Crippen molar-refractivity contribution < 1.29 is 4.79 Å². The van der Waals surface area contributed by atoms with Crippen molar-refractivity contribution in [2.45, 2.75) is 37.5 Å². The Hall–Kier alpha value is -0.830. The summed E-state index contributed by atoms with van der Waals surface area (Å²) in [6.07, 6.45) is 1.64. The lowest BCUT2D eigenvalue weighted by atomic mass is 10.2. The van der Waals surface area contributed by atoms with Crippen molar-refractivity contribution in [2.75, 3.05) is 0 Å². The molecule has 0 spiro atoms. The zero-order chi connectivity index (χ0) is 10.8. The van der Waals surface area contributed by atoms with Gasteiger partial charge in [0.15, 0.2) is 5.78 Å². The molecule has 14 heavy (non-hydrogen) atoms. The second-order valence-corrected chi connectivity index (χ2v) is 6.00. The second-order valence-electron chi connectivity index (χ2n) is 4.16. The summed E-state index contributed by atoms with van der Waals surface area (Å²) in [5.74, 6) is 0.0600. The summed E-state index contributed by atoms with van der Waals surface area (Å²) in [4.78, 5) is 15.2. The van der Waals surface area contributed by atoms with E-state index in [1.165, 1.54) is 0 Å². The Kier molecular flexibility index (Phi) is 3.32. The highest BCUT2D eigenvalue weighted by Crippen LogP contribution is 2.29. The van der Waals surface area contributed by atoms with Crippen LogP contribution < -0.4 is 0 Å². The van der Waals surface area contributed by atoms with E-state index in [0.717, 1.165) is 5.03 Å². The van der Waals surface area contributed by atoms with Crippen LogP contribution in [0, 0.1) is 0 Å². The highest BCUT2D eigenvalue weighted by atomic mass is 32.2. The van der Waals surface area contributed by atoms with Gasteiger partial charge in [-0.1, -0.05) is 20.8 Å². The molecule has 0 saturated heterocycles. The van der Waals surface area contributed by atoms with Crippen molar-refractivity contribution >= 4 is 17.5 Å². The van der Waals surface area contributed by atoms with Crippen molar-refractivity contribution in [1.82, 2.24) is 4.98 Å². The summed E-state index contributed by atoms with van der Waals surface area (Å²) in [5, 5.41) is 0.961. The molecule has 0 amide bonds. The fourth-order valence-corrected chi connectivity index (χ4v) is 1.83. The molecule has 0 fully saturated rings. The number of ketones is 1. The number of nitrogens with zero attached hydrogens (tertiary/aromatic N) is 1. The first-order chi connectivity index (χ1) is 6.38. The van der Waals surface area contributed by atoms with Crippen LogP contribution in [0.15, 0.2) is 23.4 Å². The van der Waals surface area contributed by atoms with E-state index in [1.807, 2.05) is 12.1 Å². The van der Waals surface area contributed by atoms with Crippen molar-refractivity contribution in [3.8, 4) is 0 Å². The van der Waals surface area contributed by atoms with Crippen LogP contribution in [-0.4, -0.2) is 15.5 Å². The van der Waals surface area contributed by atoms with Crippen LogP contribution in [0.4, 0.5) is 0 Å². The lowest BCUT2D eigenvalue weighted by molar-refractivity contribution is 0.101. The molecule has 1 aromatic heterocycles. The molecule has 0 saturated carbocycles. The third-order valence-corrected chi connectivity index (χ3v) is 2.62. The normalized spacial score (nSPS) is 11.4. The van der Waals surface area contributed by atoms with E-state index in [4.69, 9.17) is 0 Å². The van der Waals surface area contributed by atoms with Gasteiger partial charge in [0.2, 0.25) is 0 Å². The molecule has 3 heteroatoms. The zero-order valence-corrected chi connectivity index (χ0v) is 9.81. The number of rotatable bonds is 2. The van der Waals surface area contributed by atoms with Crippen LogP contribution in [0.2, 0.25) is 0 Å². The molecular formula is C11H15NOS. The maximum absolute atomic E-state index is 11.0. The molecule has 0 bridgehead atoms. The van der Waals surface area contributed by atoms with Gasteiger partial charge in [-0.2, -0.15) is 0 Å². The Morgan fingerprint density at radius 2 is 2.00 bits per heavy atom. The molecule has 0 N–H and O–H groups in total. The Labute approximate surface area is 89.1 Å². The SMILES string of the molecule is CC(=O)c1ccc(SC(C)(C)C)nc1. The number of carbonyl (C=O) groups excluding carboxylic acids is 1. The molecule has 0 aliphatic rings. The summed E-state index contributed by atoms with van der Waals surface area (Å²) in [7, 11) is 0. The monoisotopic (exact) mass is 209 g/mol. The van der Waals surface area contributed by atoms with Crippen molar-refractivity contribution in [2.24, 2.45) is 0 Å². The van der Waals surface area contributed by atoms with Crippen LogP contribution in [0.5, 0.6) is 0 Å². The molecule has 1 rings (SSSR count). The fourth-order valence-electron chi connectivity index (χ4n) is 0.963. The van der Waals surface area contributed by atoms with Gasteiger partial charge in [-0.15, -0.1) is 11.8 Å². The molecule has 0 aliphatic heterocycles. The van der Waals surface area contributed by atoms with E-state index in [2.05, 4.69) is 25.8 Å². The first kappa shape index (κ1) is 11.2. The molecule has 2 nitrogen and oxygen atoms in total. The Morgan fingerprint density at radius 1 is 1.36 bits per heavy atom. The van der Waals surface area contributed by atoms with Crippen LogP contribution in [0.3, 0.4) is 0 Å². The first-order valence-corrected chi connectivity index (χ1v) is 5.36. The minimum absolute atomic E-state index is 0.0600. The number of aromatic nitrogens is 1. The fraction of sp³-hybridized carbons (Fsp3) is 0.455. The van der Waals surface area contributed by atoms with Gasteiger partial charge in [0, 0.05) is 16.5 Å². The number of hydrogen-bond donors (Lipinski definition) is 0. The van der Waals surface area contributed by atoms with E-state index >= 15 is 0 Å². The lowest BCUT2D eigenvalue weighted by Gasteiger charge is -2.16. The van der Waals surface area contributed by atoms with Crippen molar-refractivity contribution in [1.29, 1.82) is 0 Å². The van der Waals surface area contributed by atoms with Gasteiger partial charge in [0.25, 0.3) is 0 Å². The standard InChI is InChI=1S/C11H15NOS/c1-8(13)9-5-6-10(12-7-9)14-11(2,3)4/h5-7H,1-4H3. The quantitative estimate of drug-likeness (QED) is 0.553. The Balaban J connectivity index is 2.79. The predicted octanol–water partition coefficient (Wildman–Crippen LogP) is 3.17. The smallest absolute Gasteiger partial charge is 0.161 e. The van der Waals surface area contributed by atoms with E-state index in [-0.39, 0.29) is 10.5 Å². The predicted molar refractivity (Wildman–Crippen MR) is 59.9 cm³/mol. The summed E-state index contributed by atoms with van der Waals surface area (Å²) in [5.41, 5.74) is 0.670. The Morgan fingerprint density at radius 3 is 2.36 bits per heavy atom. The van der Waals surface area contributed by atoms with Crippen molar-refractivity contribution in [3.63, 3.8) is 0 Å². The average Bonchev–Trinajstić information content (AvgIpc) is 2.02. The topological polar surface area (TPSA) is 30.0 Å². The maximum Gasteiger partial charge on any atom is 0.161 e. The van der Waals surface area contributed by atoms with Gasteiger partial charge < -0.3 is 0 Å². The van der Waals surface area contributed by atoms with Gasteiger partial charge in [0.05, 0.1) is 5.03 Å². The molecule has 0 aromatic carbocycles. The van der Waals surface area contributed by atoms with E-state index in [9.17, 15) is 4.79 Å². The third kappa shape index (κ3) is 3.50. The molecule has 0 unspecified atom stereocenters. The van der Waals surface area contributed by atoms with Crippen molar-refractivity contribution in [3.05, 3.63) is 23.9 Å². The molecule has 0 radical (unpaired) electrons. The van der Waals surface area contributed by atoms with E-state index < -0.39 is 0 Å². The molecule has 0 aliphatic carbocycles. The Bertz CT molecular complexity index is 324. The van der Waals surface area contributed by atoms with Gasteiger partial charge in [-0.05, 0) is 19.1 Å². The van der Waals surface area contributed by atoms with Crippen LogP contribution in [0.25, 0.3) is 0 Å². The molecule has 1 aromatic rings. The third-order valence-electron chi connectivity index (χ3n) is 1.55. The van der Waals surface area contributed by atoms with Gasteiger partial charge in [-0.3, -0.25) is 4.79 Å². The average molecular weight is 209 g/mol. The minimum Gasteiger partial charge on any atom is -0.294 e. The summed E-state index contributed by atoms with van der Waals surface area (Å²) >= 11 is 1.70. The van der Waals surface area contributed by atoms with Gasteiger partial charge in [0.1, 0.15) is 0 Å².